The molecule has 1 amide bonds. The standard InChI is InChI=1S/C23H22N2O5S/c1-16-12-17(2)14-18(13-16)25(31(29,30)19-8-4-3-5-9-19)15-22(26)24-21-11-7-6-10-20(21)23(27)28/h3-14H,15H2,1-2H3,(H,24,26)(H,27,28). The van der Waals surface area contributed by atoms with Gasteiger partial charge >= 0.3 is 5.97 Å². The minimum absolute atomic E-state index is 0.0490. The summed E-state index contributed by atoms with van der Waals surface area (Å²) < 4.78 is 27.8. The van der Waals surface area contributed by atoms with Gasteiger partial charge < -0.3 is 10.4 Å². The maximum atomic E-state index is 13.4. The Bertz CT molecular complexity index is 1200. The highest BCUT2D eigenvalue weighted by Crippen LogP contribution is 2.26. The third-order valence-corrected chi connectivity index (χ3v) is 6.33. The minimum atomic E-state index is -4.05. The summed E-state index contributed by atoms with van der Waals surface area (Å²) in [4.78, 5) is 24.3. The fourth-order valence-electron chi connectivity index (χ4n) is 3.23. The van der Waals surface area contributed by atoms with E-state index >= 15 is 0 Å². The van der Waals surface area contributed by atoms with Crippen LogP contribution in [-0.4, -0.2) is 31.9 Å². The van der Waals surface area contributed by atoms with Crippen molar-refractivity contribution in [3.63, 3.8) is 0 Å². The summed E-state index contributed by atoms with van der Waals surface area (Å²) in [7, 11) is -4.05. The van der Waals surface area contributed by atoms with Gasteiger partial charge in [0.05, 0.1) is 21.8 Å². The number of sulfonamides is 1. The molecule has 0 aliphatic heterocycles. The SMILES string of the molecule is Cc1cc(C)cc(N(CC(=O)Nc2ccccc2C(=O)O)S(=O)(=O)c2ccccc2)c1. The number of amides is 1. The smallest absolute Gasteiger partial charge is 0.337 e. The second-order valence-corrected chi connectivity index (χ2v) is 8.93. The number of aryl methyl sites for hydroxylation is 2. The molecule has 3 aromatic rings. The topological polar surface area (TPSA) is 104 Å². The number of carbonyl (C=O) groups is 2. The van der Waals surface area contributed by atoms with Crippen LogP contribution in [0.15, 0.2) is 77.7 Å². The number of carboxylic acids is 1. The van der Waals surface area contributed by atoms with Crippen LogP contribution in [-0.2, 0) is 14.8 Å². The Kier molecular flexibility index (Phi) is 6.41. The lowest BCUT2D eigenvalue weighted by Crippen LogP contribution is -2.38. The molecule has 0 heterocycles. The number of para-hydroxylation sites is 1. The van der Waals surface area contributed by atoms with Crippen LogP contribution in [0.5, 0.6) is 0 Å². The summed E-state index contributed by atoms with van der Waals surface area (Å²) >= 11 is 0. The molecule has 0 aromatic heterocycles. The molecule has 0 unspecified atom stereocenters. The third kappa shape index (κ3) is 5.10. The first-order valence-electron chi connectivity index (χ1n) is 9.47. The van der Waals surface area contributed by atoms with Crippen molar-refractivity contribution in [3.05, 3.63) is 89.5 Å². The van der Waals surface area contributed by atoms with Gasteiger partial charge in [0.2, 0.25) is 5.91 Å². The number of aromatic carboxylic acids is 1. The molecular formula is C23H22N2O5S. The average Bonchev–Trinajstić information content (AvgIpc) is 2.72. The molecule has 160 valence electrons. The number of benzene rings is 3. The summed E-state index contributed by atoms with van der Waals surface area (Å²) in [6, 6.07) is 19.1. The zero-order valence-corrected chi connectivity index (χ0v) is 17.9. The van der Waals surface area contributed by atoms with E-state index in [0.717, 1.165) is 15.4 Å². The Hall–Kier alpha value is -3.65. The molecule has 0 fully saturated rings. The molecule has 3 aromatic carbocycles. The van der Waals surface area contributed by atoms with Crippen molar-refractivity contribution in [3.8, 4) is 0 Å². The first-order chi connectivity index (χ1) is 14.7. The number of nitrogens with one attached hydrogen (secondary N) is 1. The van der Waals surface area contributed by atoms with Gasteiger partial charge in [-0.1, -0.05) is 36.4 Å². The van der Waals surface area contributed by atoms with Crippen molar-refractivity contribution in [2.75, 3.05) is 16.2 Å². The molecule has 3 rings (SSSR count). The summed E-state index contributed by atoms with van der Waals surface area (Å²) in [5.41, 5.74) is 2.06. The van der Waals surface area contributed by atoms with Gasteiger partial charge in [0.15, 0.2) is 0 Å². The van der Waals surface area contributed by atoms with Crippen LogP contribution in [0.1, 0.15) is 21.5 Å². The summed E-state index contributed by atoms with van der Waals surface area (Å²) in [5.74, 6) is -1.86. The number of hydrogen-bond donors (Lipinski definition) is 2. The fraction of sp³-hybridized carbons (Fsp3) is 0.130. The molecule has 0 bridgehead atoms. The lowest BCUT2D eigenvalue weighted by Gasteiger charge is -2.25. The molecule has 2 N–H and O–H groups in total. The number of rotatable bonds is 7. The fourth-order valence-corrected chi connectivity index (χ4v) is 4.65. The van der Waals surface area contributed by atoms with Gasteiger partial charge in [-0.25, -0.2) is 13.2 Å². The predicted octanol–water partition coefficient (Wildman–Crippen LogP) is 3.84. The number of nitrogens with zero attached hydrogens (tertiary/aromatic N) is 1. The van der Waals surface area contributed by atoms with Crippen LogP contribution < -0.4 is 9.62 Å². The van der Waals surface area contributed by atoms with Gasteiger partial charge in [0.25, 0.3) is 10.0 Å². The number of anilines is 2. The van der Waals surface area contributed by atoms with E-state index in [0.29, 0.717) is 5.69 Å². The van der Waals surface area contributed by atoms with E-state index in [1.807, 2.05) is 19.9 Å². The average molecular weight is 439 g/mol. The Morgan fingerprint density at radius 2 is 1.48 bits per heavy atom. The normalized spacial score (nSPS) is 11.0. The predicted molar refractivity (Wildman–Crippen MR) is 119 cm³/mol. The maximum Gasteiger partial charge on any atom is 0.337 e. The second kappa shape index (κ2) is 9.01. The van der Waals surface area contributed by atoms with Crippen LogP contribution in [0, 0.1) is 13.8 Å². The van der Waals surface area contributed by atoms with Crippen molar-refractivity contribution >= 4 is 33.3 Å². The van der Waals surface area contributed by atoms with E-state index in [1.54, 1.807) is 42.5 Å². The van der Waals surface area contributed by atoms with Crippen LogP contribution in [0.4, 0.5) is 11.4 Å². The van der Waals surface area contributed by atoms with Gasteiger partial charge in [0, 0.05) is 0 Å². The Morgan fingerprint density at radius 3 is 2.10 bits per heavy atom. The molecule has 0 atom stereocenters. The van der Waals surface area contributed by atoms with Crippen molar-refractivity contribution < 1.29 is 23.1 Å². The lowest BCUT2D eigenvalue weighted by atomic mass is 10.1. The molecule has 0 aliphatic rings. The summed E-state index contributed by atoms with van der Waals surface area (Å²) in [6.45, 7) is 3.16. The Labute approximate surface area is 181 Å². The second-order valence-electron chi connectivity index (χ2n) is 7.07. The maximum absolute atomic E-state index is 13.4. The van der Waals surface area contributed by atoms with Crippen molar-refractivity contribution in [1.82, 2.24) is 0 Å². The number of hydrogen-bond acceptors (Lipinski definition) is 4. The van der Waals surface area contributed by atoms with Crippen LogP contribution >= 0.6 is 0 Å². The van der Waals surface area contributed by atoms with Gasteiger partial charge in [0.1, 0.15) is 6.54 Å². The van der Waals surface area contributed by atoms with E-state index in [4.69, 9.17) is 0 Å². The number of carboxylic acid groups (broad SMARTS) is 1. The zero-order chi connectivity index (χ0) is 22.6. The molecule has 0 saturated heterocycles. The highest BCUT2D eigenvalue weighted by atomic mass is 32.2. The molecule has 0 spiro atoms. The summed E-state index contributed by atoms with van der Waals surface area (Å²) in [6.07, 6.45) is 0. The minimum Gasteiger partial charge on any atom is -0.478 e. The lowest BCUT2D eigenvalue weighted by molar-refractivity contribution is -0.114. The van der Waals surface area contributed by atoms with Gasteiger partial charge in [-0.05, 0) is 61.4 Å². The van der Waals surface area contributed by atoms with Crippen molar-refractivity contribution in [2.24, 2.45) is 0 Å². The third-order valence-electron chi connectivity index (χ3n) is 4.54. The van der Waals surface area contributed by atoms with E-state index < -0.39 is 28.4 Å². The van der Waals surface area contributed by atoms with Crippen LogP contribution in [0.3, 0.4) is 0 Å². The molecule has 0 saturated carbocycles. The highest BCUT2D eigenvalue weighted by molar-refractivity contribution is 7.92. The quantitative estimate of drug-likeness (QED) is 0.583. The van der Waals surface area contributed by atoms with E-state index in [-0.39, 0.29) is 16.1 Å². The first-order valence-corrected chi connectivity index (χ1v) is 10.9. The van der Waals surface area contributed by atoms with E-state index in [2.05, 4.69) is 5.32 Å². The van der Waals surface area contributed by atoms with E-state index in [9.17, 15) is 23.1 Å². The van der Waals surface area contributed by atoms with Gasteiger partial charge in [-0.2, -0.15) is 0 Å². The highest BCUT2D eigenvalue weighted by Gasteiger charge is 2.28. The largest absolute Gasteiger partial charge is 0.478 e. The van der Waals surface area contributed by atoms with Crippen LogP contribution in [0.25, 0.3) is 0 Å². The Morgan fingerprint density at radius 1 is 0.903 bits per heavy atom. The Balaban J connectivity index is 2.00. The van der Waals surface area contributed by atoms with E-state index in [1.165, 1.54) is 24.3 Å². The molecule has 31 heavy (non-hydrogen) atoms. The van der Waals surface area contributed by atoms with Gasteiger partial charge in [-0.3, -0.25) is 9.10 Å². The van der Waals surface area contributed by atoms with Crippen molar-refractivity contribution in [1.29, 1.82) is 0 Å². The molecular weight excluding hydrogens is 416 g/mol. The molecule has 0 radical (unpaired) electrons. The van der Waals surface area contributed by atoms with Crippen molar-refractivity contribution in [2.45, 2.75) is 18.7 Å². The molecule has 0 aliphatic carbocycles. The van der Waals surface area contributed by atoms with Gasteiger partial charge in [-0.15, -0.1) is 0 Å². The number of carbonyl (C=O) groups excluding carboxylic acids is 1. The van der Waals surface area contributed by atoms with Crippen LogP contribution in [0.2, 0.25) is 0 Å². The monoisotopic (exact) mass is 438 g/mol. The first kappa shape index (κ1) is 22.0. The molecule has 8 heteroatoms. The molecule has 7 nitrogen and oxygen atoms in total. The zero-order valence-electron chi connectivity index (χ0n) is 17.1. The summed E-state index contributed by atoms with van der Waals surface area (Å²) in [5, 5.41) is 11.8.